The van der Waals surface area contributed by atoms with Crippen molar-refractivity contribution in [2.45, 2.75) is 30.7 Å². The maximum Gasteiger partial charge on any atom is 0.255 e. The number of aryl methyl sites for hydroxylation is 1. The van der Waals surface area contributed by atoms with E-state index in [1.807, 2.05) is 24.3 Å². The molecule has 2 aromatic rings. The third-order valence-electron chi connectivity index (χ3n) is 5.57. The molecule has 2 aromatic carbocycles. The van der Waals surface area contributed by atoms with Crippen molar-refractivity contribution in [2.75, 3.05) is 43.7 Å². The molecule has 1 aliphatic heterocycles. The summed E-state index contributed by atoms with van der Waals surface area (Å²) in [5.41, 5.74) is 2.93. The summed E-state index contributed by atoms with van der Waals surface area (Å²) in [7, 11) is 0.896. The van der Waals surface area contributed by atoms with Crippen LogP contribution in [-0.4, -0.2) is 58.7 Å². The molecule has 0 aromatic heterocycles. The van der Waals surface area contributed by atoms with Crippen LogP contribution in [0.1, 0.15) is 28.8 Å². The lowest BCUT2D eigenvalue weighted by molar-refractivity contribution is 0.102. The second-order valence-electron chi connectivity index (χ2n) is 7.93. The van der Waals surface area contributed by atoms with E-state index in [1.165, 1.54) is 12.1 Å². The van der Waals surface area contributed by atoms with E-state index in [4.69, 9.17) is 0 Å². The van der Waals surface area contributed by atoms with E-state index in [-0.39, 0.29) is 10.8 Å². The van der Waals surface area contributed by atoms with Crippen LogP contribution in [0.5, 0.6) is 0 Å². The maximum atomic E-state index is 12.7. The van der Waals surface area contributed by atoms with Crippen LogP contribution >= 0.6 is 0 Å². The van der Waals surface area contributed by atoms with Crippen molar-refractivity contribution in [1.82, 2.24) is 4.90 Å². The smallest absolute Gasteiger partial charge is 0.255 e. The summed E-state index contributed by atoms with van der Waals surface area (Å²) in [6.07, 6.45) is 3.42. The topological polar surface area (TPSA) is 69.7 Å². The Morgan fingerprint density at radius 3 is 2.24 bits per heavy atom. The first-order valence-corrected chi connectivity index (χ1v) is 11.7. The average Bonchev–Trinajstić information content (AvgIpc) is 2.68. The van der Waals surface area contributed by atoms with Gasteiger partial charge in [0.2, 0.25) is 0 Å². The summed E-state index contributed by atoms with van der Waals surface area (Å²) in [5.74, 6) is -0.312. The predicted octanol–water partition coefficient (Wildman–Crippen LogP) is 3.18. The van der Waals surface area contributed by atoms with Crippen LogP contribution in [0.15, 0.2) is 47.4 Å². The Morgan fingerprint density at radius 1 is 1.07 bits per heavy atom. The minimum absolute atomic E-state index is 0.143. The summed E-state index contributed by atoms with van der Waals surface area (Å²) in [4.78, 5) is 17.5. The van der Waals surface area contributed by atoms with Crippen LogP contribution in [0.3, 0.4) is 0 Å². The van der Waals surface area contributed by atoms with Crippen molar-refractivity contribution < 1.29 is 13.2 Å². The van der Waals surface area contributed by atoms with Crippen LogP contribution in [0.25, 0.3) is 0 Å². The molecule has 29 heavy (non-hydrogen) atoms. The Bertz CT molecular complexity index is 977. The largest absolute Gasteiger partial charge is 0.371 e. The SMILES string of the molecule is Cc1ccc(S(C)(=O)=O)cc1C(=O)Nc1ccc(N2CCC(N(C)C)CC2)cc1. The van der Waals surface area contributed by atoms with Crippen LogP contribution in [-0.2, 0) is 9.84 Å². The Morgan fingerprint density at radius 2 is 1.69 bits per heavy atom. The monoisotopic (exact) mass is 415 g/mol. The minimum Gasteiger partial charge on any atom is -0.371 e. The third kappa shape index (κ3) is 5.16. The van der Waals surface area contributed by atoms with Crippen molar-refractivity contribution in [3.8, 4) is 0 Å². The molecule has 7 heteroatoms. The highest BCUT2D eigenvalue weighted by Gasteiger charge is 2.21. The number of hydrogen-bond acceptors (Lipinski definition) is 5. The molecule has 0 unspecified atom stereocenters. The molecule has 1 N–H and O–H groups in total. The lowest BCUT2D eigenvalue weighted by Crippen LogP contribution is -2.41. The van der Waals surface area contributed by atoms with Crippen molar-refractivity contribution >= 4 is 27.1 Å². The normalized spacial score (nSPS) is 15.6. The molecule has 0 bridgehead atoms. The quantitative estimate of drug-likeness (QED) is 0.812. The standard InChI is InChI=1S/C22H29N3O3S/c1-16-5-10-20(29(4,27)28)15-21(16)22(26)23-17-6-8-19(9-7-17)25-13-11-18(12-14-25)24(2)3/h5-10,15,18H,11-14H2,1-4H3,(H,23,26). The van der Waals surface area contributed by atoms with E-state index in [0.29, 0.717) is 17.3 Å². The molecule has 1 fully saturated rings. The van der Waals surface area contributed by atoms with Crippen LogP contribution in [0, 0.1) is 6.92 Å². The highest BCUT2D eigenvalue weighted by Crippen LogP contribution is 2.24. The highest BCUT2D eigenvalue weighted by atomic mass is 32.2. The number of anilines is 2. The van der Waals surface area contributed by atoms with Gasteiger partial charge in [0.25, 0.3) is 5.91 Å². The molecular weight excluding hydrogens is 386 g/mol. The number of piperidine rings is 1. The molecule has 1 saturated heterocycles. The van der Waals surface area contributed by atoms with Crippen molar-refractivity contribution in [2.24, 2.45) is 0 Å². The molecule has 156 valence electrons. The molecule has 1 heterocycles. The highest BCUT2D eigenvalue weighted by molar-refractivity contribution is 7.90. The fraction of sp³-hybridized carbons (Fsp3) is 0.409. The zero-order valence-corrected chi connectivity index (χ0v) is 18.3. The van der Waals surface area contributed by atoms with E-state index in [1.54, 1.807) is 13.0 Å². The lowest BCUT2D eigenvalue weighted by atomic mass is 10.0. The maximum absolute atomic E-state index is 12.7. The molecule has 1 aliphatic rings. The Kier molecular flexibility index (Phi) is 6.29. The van der Waals surface area contributed by atoms with E-state index >= 15 is 0 Å². The molecular formula is C22H29N3O3S. The second-order valence-corrected chi connectivity index (χ2v) is 9.95. The van der Waals surface area contributed by atoms with Crippen molar-refractivity contribution in [3.63, 3.8) is 0 Å². The number of benzene rings is 2. The number of carbonyl (C=O) groups is 1. The lowest BCUT2D eigenvalue weighted by Gasteiger charge is -2.36. The molecule has 3 rings (SSSR count). The van der Waals surface area contributed by atoms with Gasteiger partial charge in [-0.05, 0) is 75.8 Å². The van der Waals surface area contributed by atoms with E-state index in [2.05, 4.69) is 29.2 Å². The molecule has 0 atom stereocenters. The van der Waals surface area contributed by atoms with Gasteiger partial charge in [-0.2, -0.15) is 0 Å². The van der Waals surface area contributed by atoms with Gasteiger partial charge < -0.3 is 15.1 Å². The van der Waals surface area contributed by atoms with Gasteiger partial charge in [-0.1, -0.05) is 6.07 Å². The fourth-order valence-corrected chi connectivity index (χ4v) is 4.32. The van der Waals surface area contributed by atoms with Gasteiger partial charge in [-0.15, -0.1) is 0 Å². The van der Waals surface area contributed by atoms with E-state index in [9.17, 15) is 13.2 Å². The Labute approximate surface area is 173 Å². The summed E-state index contributed by atoms with van der Waals surface area (Å²) in [6, 6.07) is 13.1. The number of sulfone groups is 1. The zero-order chi connectivity index (χ0) is 21.2. The number of nitrogens with one attached hydrogen (secondary N) is 1. The number of rotatable bonds is 5. The van der Waals surface area contributed by atoms with Gasteiger partial charge in [0.15, 0.2) is 9.84 Å². The minimum atomic E-state index is -3.36. The van der Waals surface area contributed by atoms with E-state index < -0.39 is 9.84 Å². The van der Waals surface area contributed by atoms with Crippen molar-refractivity contribution in [3.05, 3.63) is 53.6 Å². The predicted molar refractivity (Wildman–Crippen MR) is 118 cm³/mol. The molecule has 6 nitrogen and oxygen atoms in total. The first-order valence-electron chi connectivity index (χ1n) is 9.78. The number of nitrogens with zero attached hydrogens (tertiary/aromatic N) is 2. The third-order valence-corrected chi connectivity index (χ3v) is 6.68. The van der Waals surface area contributed by atoms with Crippen LogP contribution < -0.4 is 10.2 Å². The number of amides is 1. The summed E-state index contributed by atoms with van der Waals surface area (Å²) in [6.45, 7) is 3.83. The molecule has 0 aliphatic carbocycles. The van der Waals surface area contributed by atoms with Gasteiger partial charge in [-0.3, -0.25) is 4.79 Å². The fourth-order valence-electron chi connectivity index (χ4n) is 3.67. The summed E-state index contributed by atoms with van der Waals surface area (Å²) < 4.78 is 23.6. The zero-order valence-electron chi connectivity index (χ0n) is 17.5. The van der Waals surface area contributed by atoms with E-state index in [0.717, 1.165) is 43.4 Å². The molecule has 0 saturated carbocycles. The second kappa shape index (κ2) is 8.55. The van der Waals surface area contributed by atoms with Crippen LogP contribution in [0.4, 0.5) is 11.4 Å². The number of hydrogen-bond donors (Lipinski definition) is 1. The van der Waals surface area contributed by atoms with Crippen LogP contribution in [0.2, 0.25) is 0 Å². The Balaban J connectivity index is 1.68. The van der Waals surface area contributed by atoms with Gasteiger partial charge in [0.1, 0.15) is 0 Å². The average molecular weight is 416 g/mol. The number of carbonyl (C=O) groups excluding carboxylic acids is 1. The summed E-state index contributed by atoms with van der Waals surface area (Å²) in [5, 5.41) is 2.87. The Hall–Kier alpha value is -2.38. The first kappa shape index (κ1) is 21.3. The molecule has 0 radical (unpaired) electrons. The molecule has 1 amide bonds. The van der Waals surface area contributed by atoms with Gasteiger partial charge in [0.05, 0.1) is 4.90 Å². The van der Waals surface area contributed by atoms with Gasteiger partial charge in [0, 0.05) is 42.3 Å². The first-order chi connectivity index (χ1) is 13.6. The summed E-state index contributed by atoms with van der Waals surface area (Å²) >= 11 is 0. The van der Waals surface area contributed by atoms with Gasteiger partial charge >= 0.3 is 0 Å². The van der Waals surface area contributed by atoms with Gasteiger partial charge in [-0.25, -0.2) is 8.42 Å². The van der Waals surface area contributed by atoms with Crippen molar-refractivity contribution in [1.29, 1.82) is 0 Å². The molecule has 0 spiro atoms.